The lowest BCUT2D eigenvalue weighted by molar-refractivity contribution is 0.953. The van der Waals surface area contributed by atoms with Crippen molar-refractivity contribution in [2.45, 2.75) is 23.3 Å². The van der Waals surface area contributed by atoms with Crippen molar-refractivity contribution < 1.29 is 0 Å². The monoisotopic (exact) mass is 279 g/mol. The maximum absolute atomic E-state index is 5.95. The van der Waals surface area contributed by atoms with Crippen LogP contribution in [-0.4, -0.2) is 16.5 Å². The van der Waals surface area contributed by atoms with Crippen LogP contribution in [-0.2, 0) is 0 Å². The highest BCUT2D eigenvalue weighted by atomic mass is 35.5. The predicted molar refractivity (Wildman–Crippen MR) is 76.4 cm³/mol. The van der Waals surface area contributed by atoms with Gasteiger partial charge in [-0.1, -0.05) is 36.4 Å². The Morgan fingerprint density at radius 3 is 2.94 bits per heavy atom. The fourth-order valence-electron chi connectivity index (χ4n) is 1.40. The Balaban J connectivity index is 2.09. The van der Waals surface area contributed by atoms with Crippen LogP contribution < -0.4 is 5.32 Å². The molecule has 18 heavy (non-hydrogen) atoms. The molecular formula is C13H14ClN3S. The molecule has 0 spiro atoms. The molecule has 5 heteroatoms. The van der Waals surface area contributed by atoms with Gasteiger partial charge in [0.25, 0.3) is 0 Å². The number of nitrogens with zero attached hydrogens (tertiary/aromatic N) is 2. The van der Waals surface area contributed by atoms with Crippen LogP contribution in [0.1, 0.15) is 13.3 Å². The minimum atomic E-state index is 0.735. The summed E-state index contributed by atoms with van der Waals surface area (Å²) in [5.74, 6) is 0.858. The second-order valence-corrected chi connectivity index (χ2v) is 5.26. The zero-order valence-electron chi connectivity index (χ0n) is 10.1. The normalized spacial score (nSPS) is 10.3. The first-order valence-electron chi connectivity index (χ1n) is 5.77. The second kappa shape index (κ2) is 6.61. The van der Waals surface area contributed by atoms with E-state index < -0.39 is 0 Å². The van der Waals surface area contributed by atoms with E-state index in [0.29, 0.717) is 0 Å². The van der Waals surface area contributed by atoms with Gasteiger partial charge < -0.3 is 5.32 Å². The molecule has 0 unspecified atom stereocenters. The van der Waals surface area contributed by atoms with Crippen LogP contribution in [0.15, 0.2) is 46.6 Å². The smallest absolute Gasteiger partial charge is 0.130 e. The highest BCUT2D eigenvalue weighted by Gasteiger charge is 2.01. The molecule has 1 heterocycles. The zero-order valence-corrected chi connectivity index (χ0v) is 11.6. The van der Waals surface area contributed by atoms with E-state index in [1.165, 1.54) is 0 Å². The van der Waals surface area contributed by atoms with Crippen molar-refractivity contribution in [3.8, 4) is 0 Å². The number of nitrogens with one attached hydrogen (secondary N) is 1. The van der Waals surface area contributed by atoms with Crippen molar-refractivity contribution in [3.63, 3.8) is 0 Å². The largest absolute Gasteiger partial charge is 0.370 e. The molecular weight excluding hydrogens is 266 g/mol. The third-order valence-corrected chi connectivity index (χ3v) is 3.37. The first-order valence-corrected chi connectivity index (χ1v) is 6.96. The van der Waals surface area contributed by atoms with Gasteiger partial charge in [0, 0.05) is 22.5 Å². The molecule has 0 aliphatic heterocycles. The van der Waals surface area contributed by atoms with Crippen LogP contribution in [0.25, 0.3) is 0 Å². The zero-order chi connectivity index (χ0) is 12.8. The second-order valence-electron chi connectivity index (χ2n) is 3.73. The van der Waals surface area contributed by atoms with Gasteiger partial charge in [-0.3, -0.25) is 0 Å². The minimum Gasteiger partial charge on any atom is -0.370 e. The first kappa shape index (κ1) is 13.2. The Hall–Kier alpha value is -1.26. The maximum atomic E-state index is 5.95. The van der Waals surface area contributed by atoms with Gasteiger partial charge in [0.05, 0.1) is 0 Å². The molecule has 2 aromatic rings. The number of rotatable bonds is 5. The van der Waals surface area contributed by atoms with Crippen molar-refractivity contribution in [2.75, 3.05) is 11.9 Å². The third-order valence-electron chi connectivity index (χ3n) is 2.22. The highest BCUT2D eigenvalue weighted by Crippen LogP contribution is 2.28. The lowest BCUT2D eigenvalue weighted by atomic mass is 10.4. The van der Waals surface area contributed by atoms with Gasteiger partial charge >= 0.3 is 0 Å². The van der Waals surface area contributed by atoms with Gasteiger partial charge in [-0.2, -0.15) is 0 Å². The van der Waals surface area contributed by atoms with Gasteiger partial charge in [-0.15, -0.1) is 0 Å². The molecule has 0 aliphatic carbocycles. The van der Waals surface area contributed by atoms with Crippen LogP contribution in [0.2, 0.25) is 5.02 Å². The minimum absolute atomic E-state index is 0.735. The summed E-state index contributed by atoms with van der Waals surface area (Å²) in [7, 11) is 0. The summed E-state index contributed by atoms with van der Waals surface area (Å²) < 4.78 is 0. The van der Waals surface area contributed by atoms with Crippen LogP contribution in [0, 0.1) is 0 Å². The molecule has 0 bridgehead atoms. The summed E-state index contributed by atoms with van der Waals surface area (Å²) in [4.78, 5) is 9.49. The van der Waals surface area contributed by atoms with E-state index in [9.17, 15) is 0 Å². The molecule has 0 saturated carbocycles. The summed E-state index contributed by atoms with van der Waals surface area (Å²) >= 11 is 7.53. The van der Waals surface area contributed by atoms with E-state index in [-0.39, 0.29) is 0 Å². The third kappa shape index (κ3) is 3.89. The van der Waals surface area contributed by atoms with Crippen LogP contribution >= 0.6 is 23.4 Å². The van der Waals surface area contributed by atoms with Gasteiger partial charge in [0.1, 0.15) is 17.2 Å². The van der Waals surface area contributed by atoms with E-state index in [0.717, 1.165) is 33.7 Å². The molecule has 1 aromatic heterocycles. The number of halogens is 1. The quantitative estimate of drug-likeness (QED) is 0.836. The van der Waals surface area contributed by atoms with Crippen molar-refractivity contribution in [1.82, 2.24) is 9.97 Å². The standard InChI is InChI=1S/C13H14ClN3S/c1-2-6-15-12-8-13(17-9-16-12)18-11-5-3-4-10(14)7-11/h3-5,7-9H,2,6H2,1H3,(H,15,16,17). The predicted octanol–water partition coefficient (Wildman–Crippen LogP) is 4.10. The van der Waals surface area contributed by atoms with Gasteiger partial charge in [0.2, 0.25) is 0 Å². The molecule has 94 valence electrons. The fraction of sp³-hybridized carbons (Fsp3) is 0.231. The Bertz CT molecular complexity index is 519. The molecule has 0 fully saturated rings. The Morgan fingerprint density at radius 1 is 1.28 bits per heavy atom. The van der Waals surface area contributed by atoms with Gasteiger partial charge in [-0.25, -0.2) is 9.97 Å². The topological polar surface area (TPSA) is 37.8 Å². The molecule has 1 aromatic carbocycles. The fourth-order valence-corrected chi connectivity index (χ4v) is 2.50. The van der Waals surface area contributed by atoms with Gasteiger partial charge in [0.15, 0.2) is 0 Å². The summed E-state index contributed by atoms with van der Waals surface area (Å²) in [5, 5.41) is 4.88. The number of hydrogen-bond acceptors (Lipinski definition) is 4. The average Bonchev–Trinajstić information content (AvgIpc) is 2.37. The molecule has 0 atom stereocenters. The molecule has 0 saturated heterocycles. The molecule has 0 amide bonds. The number of anilines is 1. The van der Waals surface area contributed by atoms with E-state index in [2.05, 4.69) is 22.2 Å². The number of aromatic nitrogens is 2. The van der Waals surface area contributed by atoms with Crippen LogP contribution in [0.4, 0.5) is 5.82 Å². The summed E-state index contributed by atoms with van der Waals surface area (Å²) in [6, 6.07) is 9.68. The first-order chi connectivity index (χ1) is 8.78. The van der Waals surface area contributed by atoms with Crippen LogP contribution in [0.3, 0.4) is 0 Å². The Kier molecular flexibility index (Phi) is 4.84. The van der Waals surface area contributed by atoms with Crippen molar-refractivity contribution in [2.24, 2.45) is 0 Å². The van der Waals surface area contributed by atoms with E-state index in [4.69, 9.17) is 11.6 Å². The molecule has 0 aliphatic rings. The summed E-state index contributed by atoms with van der Waals surface area (Å²) in [5.41, 5.74) is 0. The highest BCUT2D eigenvalue weighted by molar-refractivity contribution is 7.99. The number of benzene rings is 1. The van der Waals surface area contributed by atoms with Crippen molar-refractivity contribution in [1.29, 1.82) is 0 Å². The van der Waals surface area contributed by atoms with Gasteiger partial charge in [-0.05, 0) is 24.6 Å². The molecule has 3 nitrogen and oxygen atoms in total. The van der Waals surface area contributed by atoms with Crippen LogP contribution in [0.5, 0.6) is 0 Å². The van der Waals surface area contributed by atoms with E-state index >= 15 is 0 Å². The van der Waals surface area contributed by atoms with E-state index in [1.807, 2.05) is 30.3 Å². The summed E-state index contributed by atoms with van der Waals surface area (Å²) in [6.07, 6.45) is 2.64. The SMILES string of the molecule is CCCNc1cc(Sc2cccc(Cl)c2)ncn1. The molecule has 1 N–H and O–H groups in total. The lowest BCUT2D eigenvalue weighted by Gasteiger charge is -2.05. The molecule has 2 rings (SSSR count). The number of hydrogen-bond donors (Lipinski definition) is 1. The molecule has 0 radical (unpaired) electrons. The maximum Gasteiger partial charge on any atom is 0.130 e. The van der Waals surface area contributed by atoms with Crippen molar-refractivity contribution >= 4 is 29.2 Å². The van der Waals surface area contributed by atoms with E-state index in [1.54, 1.807) is 18.1 Å². The Labute approximate surface area is 116 Å². The van der Waals surface area contributed by atoms with Crippen molar-refractivity contribution in [3.05, 3.63) is 41.7 Å². The average molecular weight is 280 g/mol. The lowest BCUT2D eigenvalue weighted by Crippen LogP contribution is -2.02. The Morgan fingerprint density at radius 2 is 2.17 bits per heavy atom. The summed E-state index contributed by atoms with van der Waals surface area (Å²) in [6.45, 7) is 3.04.